The molecule has 0 fully saturated rings. The van der Waals surface area contributed by atoms with Crippen LogP contribution < -0.4 is 0 Å². The molecule has 0 aliphatic carbocycles. The molecule has 2 rings (SSSR count). The van der Waals surface area contributed by atoms with Gasteiger partial charge in [-0.05, 0) is 52.2 Å². The highest BCUT2D eigenvalue weighted by Gasteiger charge is 2.18. The average molecular weight is 345 g/mol. The maximum Gasteiger partial charge on any atom is 0.143 e. The van der Waals surface area contributed by atoms with Crippen molar-refractivity contribution in [2.24, 2.45) is 0 Å². The molecular formula is C15H12BrF3O. The Morgan fingerprint density at radius 1 is 1.10 bits per heavy atom. The van der Waals surface area contributed by atoms with E-state index in [4.69, 9.17) is 0 Å². The number of rotatable bonds is 3. The summed E-state index contributed by atoms with van der Waals surface area (Å²) in [7, 11) is 0. The number of benzene rings is 2. The van der Waals surface area contributed by atoms with E-state index < -0.39 is 17.7 Å². The lowest BCUT2D eigenvalue weighted by atomic mass is 9.99. The van der Waals surface area contributed by atoms with E-state index in [2.05, 4.69) is 15.9 Å². The number of aliphatic hydroxyl groups excluding tert-OH is 1. The van der Waals surface area contributed by atoms with E-state index in [1.54, 1.807) is 6.92 Å². The van der Waals surface area contributed by atoms with Crippen molar-refractivity contribution in [1.82, 2.24) is 0 Å². The van der Waals surface area contributed by atoms with Crippen molar-refractivity contribution in [1.29, 1.82) is 0 Å². The molecule has 106 valence electrons. The lowest BCUT2D eigenvalue weighted by Gasteiger charge is -2.14. The van der Waals surface area contributed by atoms with E-state index in [0.717, 1.165) is 6.07 Å². The molecule has 0 amide bonds. The molecule has 0 aliphatic rings. The number of aliphatic hydroxyl groups is 1. The summed E-state index contributed by atoms with van der Waals surface area (Å²) >= 11 is 2.97. The fourth-order valence-corrected chi connectivity index (χ4v) is 2.31. The Morgan fingerprint density at radius 2 is 1.75 bits per heavy atom. The number of halogens is 4. The summed E-state index contributed by atoms with van der Waals surface area (Å²) in [5.41, 5.74) is 0.591. The molecule has 1 atom stereocenters. The van der Waals surface area contributed by atoms with Crippen LogP contribution in [0.2, 0.25) is 0 Å². The first-order valence-electron chi connectivity index (χ1n) is 5.96. The minimum absolute atomic E-state index is 0.136. The van der Waals surface area contributed by atoms with Crippen LogP contribution in [0.3, 0.4) is 0 Å². The second kappa shape index (κ2) is 5.97. The van der Waals surface area contributed by atoms with Gasteiger partial charge < -0.3 is 5.11 Å². The predicted octanol–water partition coefficient (Wildman–Crippen LogP) is 4.45. The molecule has 0 aliphatic heterocycles. The highest BCUT2D eigenvalue weighted by molar-refractivity contribution is 9.10. The topological polar surface area (TPSA) is 20.2 Å². The Kier molecular flexibility index (Phi) is 4.50. The molecule has 5 heteroatoms. The minimum Gasteiger partial charge on any atom is -0.388 e. The van der Waals surface area contributed by atoms with Crippen LogP contribution >= 0.6 is 15.9 Å². The van der Waals surface area contributed by atoms with Crippen LogP contribution in [0.4, 0.5) is 13.2 Å². The number of hydrogen-bond donors (Lipinski definition) is 1. The molecule has 1 unspecified atom stereocenters. The molecule has 0 saturated heterocycles. The summed E-state index contributed by atoms with van der Waals surface area (Å²) in [6, 6.07) is 6.49. The Hall–Kier alpha value is -1.33. The third-order valence-corrected chi connectivity index (χ3v) is 3.72. The zero-order chi connectivity index (χ0) is 14.9. The van der Waals surface area contributed by atoms with Gasteiger partial charge in [0.05, 0.1) is 10.6 Å². The van der Waals surface area contributed by atoms with Gasteiger partial charge in [-0.3, -0.25) is 0 Å². The molecule has 2 aromatic carbocycles. The van der Waals surface area contributed by atoms with E-state index in [9.17, 15) is 18.3 Å². The van der Waals surface area contributed by atoms with Gasteiger partial charge in [0, 0.05) is 12.0 Å². The molecule has 0 aromatic heterocycles. The molecule has 0 spiro atoms. The molecule has 0 heterocycles. The highest BCUT2D eigenvalue weighted by atomic mass is 79.9. The van der Waals surface area contributed by atoms with Crippen LogP contribution in [0.1, 0.15) is 22.8 Å². The Morgan fingerprint density at radius 3 is 2.40 bits per heavy atom. The van der Waals surface area contributed by atoms with Gasteiger partial charge >= 0.3 is 0 Å². The SMILES string of the molecule is Cc1cc(C(O)Cc2c(F)ccc(Br)c2F)ccc1F. The number of hydrogen-bond acceptors (Lipinski definition) is 1. The molecule has 0 saturated carbocycles. The smallest absolute Gasteiger partial charge is 0.143 e. The average Bonchev–Trinajstić information content (AvgIpc) is 2.42. The van der Waals surface area contributed by atoms with Gasteiger partial charge in [-0.15, -0.1) is 0 Å². The van der Waals surface area contributed by atoms with Crippen LogP contribution in [0.5, 0.6) is 0 Å². The van der Waals surface area contributed by atoms with E-state index in [1.165, 1.54) is 24.3 Å². The van der Waals surface area contributed by atoms with Crippen molar-refractivity contribution in [2.75, 3.05) is 0 Å². The summed E-state index contributed by atoms with van der Waals surface area (Å²) in [5, 5.41) is 10.1. The van der Waals surface area contributed by atoms with E-state index in [1.807, 2.05) is 0 Å². The lowest BCUT2D eigenvalue weighted by Crippen LogP contribution is -2.07. The summed E-state index contributed by atoms with van der Waals surface area (Å²) in [5.74, 6) is -1.84. The van der Waals surface area contributed by atoms with Gasteiger partial charge in [-0.1, -0.05) is 12.1 Å². The van der Waals surface area contributed by atoms with Crippen molar-refractivity contribution < 1.29 is 18.3 Å². The van der Waals surface area contributed by atoms with Gasteiger partial charge in [0.25, 0.3) is 0 Å². The highest BCUT2D eigenvalue weighted by Crippen LogP contribution is 2.27. The van der Waals surface area contributed by atoms with Crippen LogP contribution in [0, 0.1) is 24.4 Å². The molecule has 0 radical (unpaired) electrons. The molecule has 2 aromatic rings. The van der Waals surface area contributed by atoms with Crippen molar-refractivity contribution in [3.8, 4) is 0 Å². The third-order valence-electron chi connectivity index (χ3n) is 3.10. The molecule has 1 nitrogen and oxygen atoms in total. The van der Waals surface area contributed by atoms with E-state index >= 15 is 0 Å². The van der Waals surface area contributed by atoms with E-state index in [0.29, 0.717) is 11.1 Å². The van der Waals surface area contributed by atoms with Gasteiger partial charge in [-0.25, -0.2) is 13.2 Å². The zero-order valence-electron chi connectivity index (χ0n) is 10.6. The van der Waals surface area contributed by atoms with Crippen LogP contribution in [-0.2, 0) is 6.42 Å². The van der Waals surface area contributed by atoms with Gasteiger partial charge in [-0.2, -0.15) is 0 Å². The zero-order valence-corrected chi connectivity index (χ0v) is 12.2. The largest absolute Gasteiger partial charge is 0.388 e. The fraction of sp³-hybridized carbons (Fsp3) is 0.200. The summed E-state index contributed by atoms with van der Waals surface area (Å²) in [4.78, 5) is 0. The second-order valence-electron chi connectivity index (χ2n) is 4.55. The molecule has 20 heavy (non-hydrogen) atoms. The first-order valence-corrected chi connectivity index (χ1v) is 6.76. The van der Waals surface area contributed by atoms with Crippen molar-refractivity contribution in [3.63, 3.8) is 0 Å². The maximum absolute atomic E-state index is 13.8. The summed E-state index contributed by atoms with van der Waals surface area (Å²) in [6.45, 7) is 1.56. The summed E-state index contributed by atoms with van der Waals surface area (Å²) in [6.07, 6.45) is -1.32. The standard InChI is InChI=1S/C15H12BrF3O/c1-8-6-9(2-4-12(8)17)14(20)7-10-13(18)5-3-11(16)15(10)19/h2-6,14,20H,7H2,1H3. The van der Waals surface area contributed by atoms with Gasteiger partial charge in [0.1, 0.15) is 17.5 Å². The normalized spacial score (nSPS) is 12.5. The summed E-state index contributed by atoms with van der Waals surface area (Å²) < 4.78 is 40.7. The van der Waals surface area contributed by atoms with Crippen LogP contribution in [0.25, 0.3) is 0 Å². The van der Waals surface area contributed by atoms with Crippen molar-refractivity contribution in [3.05, 3.63) is 68.9 Å². The third kappa shape index (κ3) is 3.04. The lowest BCUT2D eigenvalue weighted by molar-refractivity contribution is 0.175. The van der Waals surface area contributed by atoms with Crippen LogP contribution in [0.15, 0.2) is 34.8 Å². The Bertz CT molecular complexity index is 643. The molecular weight excluding hydrogens is 333 g/mol. The monoisotopic (exact) mass is 344 g/mol. The maximum atomic E-state index is 13.8. The van der Waals surface area contributed by atoms with Crippen molar-refractivity contribution in [2.45, 2.75) is 19.4 Å². The Balaban J connectivity index is 2.30. The van der Waals surface area contributed by atoms with Crippen LogP contribution in [-0.4, -0.2) is 5.11 Å². The predicted molar refractivity (Wildman–Crippen MR) is 73.9 cm³/mol. The fourth-order valence-electron chi connectivity index (χ4n) is 1.94. The minimum atomic E-state index is -1.10. The molecule has 0 bridgehead atoms. The van der Waals surface area contributed by atoms with Crippen molar-refractivity contribution >= 4 is 15.9 Å². The quantitative estimate of drug-likeness (QED) is 0.815. The first-order chi connectivity index (χ1) is 9.40. The van der Waals surface area contributed by atoms with Gasteiger partial charge in [0.2, 0.25) is 0 Å². The number of aryl methyl sites for hydroxylation is 1. The molecule has 1 N–H and O–H groups in total. The van der Waals surface area contributed by atoms with Gasteiger partial charge in [0.15, 0.2) is 0 Å². The van der Waals surface area contributed by atoms with E-state index in [-0.39, 0.29) is 22.3 Å². The Labute approximate surface area is 123 Å². The second-order valence-corrected chi connectivity index (χ2v) is 5.40. The first kappa shape index (κ1) is 15.1.